The average Bonchev–Trinajstić information content (AvgIpc) is 3.24. The second-order valence-corrected chi connectivity index (χ2v) is 7.96. The number of hydroxylamine groups is 1. The van der Waals surface area contributed by atoms with E-state index < -0.39 is 42.1 Å². The van der Waals surface area contributed by atoms with Crippen LogP contribution in [0.1, 0.15) is 18.6 Å². The highest BCUT2D eigenvalue weighted by Crippen LogP contribution is 2.42. The van der Waals surface area contributed by atoms with Gasteiger partial charge in [-0.25, -0.2) is 14.4 Å². The van der Waals surface area contributed by atoms with Crippen LogP contribution in [0, 0.1) is 11.7 Å². The fourth-order valence-corrected chi connectivity index (χ4v) is 4.09. The third-order valence-electron chi connectivity index (χ3n) is 5.63. The Kier molecular flexibility index (Phi) is 5.56. The summed E-state index contributed by atoms with van der Waals surface area (Å²) in [5.74, 6) is -0.448. The van der Waals surface area contributed by atoms with Crippen molar-refractivity contribution in [3.05, 3.63) is 46.9 Å². The van der Waals surface area contributed by atoms with Gasteiger partial charge >= 0.3 is 0 Å². The summed E-state index contributed by atoms with van der Waals surface area (Å²) in [6.45, 7) is 1.36. The lowest BCUT2D eigenvalue weighted by atomic mass is 9.88. The van der Waals surface area contributed by atoms with Gasteiger partial charge in [0, 0.05) is 6.20 Å². The van der Waals surface area contributed by atoms with Crippen LogP contribution < -0.4 is 5.48 Å². The fourth-order valence-electron chi connectivity index (χ4n) is 3.97. The number of nitrogens with one attached hydrogen (secondary N) is 1. The quantitative estimate of drug-likeness (QED) is 0.509. The molecule has 9 nitrogen and oxygen atoms in total. The molecule has 0 saturated carbocycles. The van der Waals surface area contributed by atoms with Gasteiger partial charge in [-0.2, -0.15) is 0 Å². The van der Waals surface area contributed by atoms with Crippen LogP contribution in [0.5, 0.6) is 0 Å². The van der Waals surface area contributed by atoms with E-state index in [-0.39, 0.29) is 16.5 Å². The van der Waals surface area contributed by atoms with Crippen molar-refractivity contribution in [1.82, 2.24) is 10.4 Å². The van der Waals surface area contributed by atoms with E-state index in [1.54, 1.807) is 11.1 Å². The number of hydrogen-bond acceptors (Lipinski definition) is 9. The van der Waals surface area contributed by atoms with Gasteiger partial charge in [0.15, 0.2) is 6.23 Å². The standard InChI is InChI=1S/C19H22ClFN4O5/c1-19(28)14(27)18(25-6-5-10-16(24-29-2)22-8-23-17(10)25)30-15(19)13(26)9-3-4-11(20)12(21)7-9/h3-8,10,13-15,17-18,26-28H,1-2H3,(H,22,23,24)/t10?,13-,14+,15-,17?,18-,19+/m1/s1. The number of amidine groups is 1. The van der Waals surface area contributed by atoms with E-state index in [4.69, 9.17) is 21.2 Å². The van der Waals surface area contributed by atoms with E-state index in [0.29, 0.717) is 5.84 Å². The van der Waals surface area contributed by atoms with Gasteiger partial charge in [-0.3, -0.25) is 10.3 Å². The topological polar surface area (TPSA) is 119 Å². The van der Waals surface area contributed by atoms with Crippen LogP contribution in [0.3, 0.4) is 0 Å². The molecule has 3 aliphatic heterocycles. The van der Waals surface area contributed by atoms with Crippen molar-refractivity contribution in [3.63, 3.8) is 0 Å². The molecule has 1 aromatic carbocycles. The van der Waals surface area contributed by atoms with Crippen molar-refractivity contribution in [2.75, 3.05) is 7.11 Å². The van der Waals surface area contributed by atoms with Crippen molar-refractivity contribution in [1.29, 1.82) is 0 Å². The van der Waals surface area contributed by atoms with E-state index >= 15 is 0 Å². The Morgan fingerprint density at radius 2 is 2.20 bits per heavy atom. The molecule has 3 aliphatic rings. The predicted octanol–water partition coefficient (Wildman–Crippen LogP) is 0.712. The lowest BCUT2D eigenvalue weighted by Crippen LogP contribution is -2.52. The number of fused-ring (bicyclic) bond motifs is 1. The molecule has 0 amide bonds. The Morgan fingerprint density at radius 1 is 1.43 bits per heavy atom. The molecule has 0 aromatic heterocycles. The molecule has 4 N–H and O–H groups in total. The molecule has 0 aliphatic carbocycles. The Morgan fingerprint density at radius 3 is 2.90 bits per heavy atom. The minimum Gasteiger partial charge on any atom is -0.386 e. The number of aliphatic hydroxyl groups excluding tert-OH is 2. The molecule has 0 radical (unpaired) electrons. The van der Waals surface area contributed by atoms with Crippen molar-refractivity contribution in [2.45, 2.75) is 43.2 Å². The summed E-state index contributed by atoms with van der Waals surface area (Å²) in [5.41, 5.74) is 1.03. The fraction of sp³-hybridized carbons (Fsp3) is 0.474. The van der Waals surface area contributed by atoms with Crippen molar-refractivity contribution < 1.29 is 29.3 Å². The van der Waals surface area contributed by atoms with E-state index in [9.17, 15) is 19.7 Å². The Labute approximate surface area is 177 Å². The zero-order chi connectivity index (χ0) is 21.6. The monoisotopic (exact) mass is 440 g/mol. The number of ether oxygens (including phenoxy) is 1. The first-order chi connectivity index (χ1) is 14.3. The number of halogens is 2. The SMILES string of the molecule is CONC1=NC=NC2C1C=CN2[C@@H]1O[C@H]([C@H](O)c2ccc(Cl)c(F)c2)[C@@](C)(O)[C@H]1O. The largest absolute Gasteiger partial charge is 0.386 e. The van der Waals surface area contributed by atoms with Crippen LogP contribution in [-0.4, -0.2) is 69.7 Å². The van der Waals surface area contributed by atoms with Crippen molar-refractivity contribution in [2.24, 2.45) is 15.9 Å². The highest BCUT2D eigenvalue weighted by Gasteiger charge is 2.58. The number of benzene rings is 1. The van der Waals surface area contributed by atoms with Crippen LogP contribution in [0.4, 0.5) is 4.39 Å². The third kappa shape index (κ3) is 3.39. The molecule has 7 atom stereocenters. The number of aliphatic imine (C=N–C) groups is 2. The van der Waals surface area contributed by atoms with Crippen LogP contribution >= 0.6 is 11.6 Å². The van der Waals surface area contributed by atoms with Gasteiger partial charge in [0.2, 0.25) is 0 Å². The molecule has 30 heavy (non-hydrogen) atoms. The molecule has 0 spiro atoms. The molecule has 1 aromatic rings. The van der Waals surface area contributed by atoms with Gasteiger partial charge in [0.25, 0.3) is 0 Å². The maximum Gasteiger partial charge on any atom is 0.161 e. The molecule has 11 heteroatoms. The van der Waals surface area contributed by atoms with Crippen molar-refractivity contribution in [3.8, 4) is 0 Å². The minimum atomic E-state index is -1.83. The minimum absolute atomic E-state index is 0.0893. The Hall–Kier alpha value is -2.08. The second kappa shape index (κ2) is 7.88. The smallest absolute Gasteiger partial charge is 0.161 e. The maximum atomic E-state index is 13.8. The van der Waals surface area contributed by atoms with Gasteiger partial charge < -0.3 is 25.0 Å². The Balaban J connectivity index is 1.57. The molecule has 1 saturated heterocycles. The second-order valence-electron chi connectivity index (χ2n) is 7.55. The van der Waals surface area contributed by atoms with Crippen LogP contribution in [0.15, 0.2) is 40.5 Å². The molecule has 162 valence electrons. The number of nitrogens with zero attached hydrogens (tertiary/aromatic N) is 3. The first kappa shape index (κ1) is 21.2. The van der Waals surface area contributed by atoms with Crippen LogP contribution in [0.2, 0.25) is 5.02 Å². The van der Waals surface area contributed by atoms with Crippen LogP contribution in [0.25, 0.3) is 0 Å². The summed E-state index contributed by atoms with van der Waals surface area (Å²) < 4.78 is 19.8. The van der Waals surface area contributed by atoms with Crippen LogP contribution in [-0.2, 0) is 9.57 Å². The zero-order valence-corrected chi connectivity index (χ0v) is 16.9. The summed E-state index contributed by atoms with van der Waals surface area (Å²) in [6.07, 6.45) is -0.655. The lowest BCUT2D eigenvalue weighted by molar-refractivity contribution is -0.123. The number of aliphatic hydroxyl groups is 3. The molecule has 0 bridgehead atoms. The molecule has 4 rings (SSSR count). The molecule has 3 heterocycles. The van der Waals surface area contributed by atoms with E-state index in [2.05, 4.69) is 15.5 Å². The summed E-state index contributed by atoms with van der Waals surface area (Å²) in [6, 6.07) is 3.81. The molecular formula is C19H22ClFN4O5. The Bertz CT molecular complexity index is 911. The summed E-state index contributed by atoms with van der Waals surface area (Å²) in [5, 5.41) is 32.5. The van der Waals surface area contributed by atoms with Gasteiger partial charge in [-0.05, 0) is 24.6 Å². The summed E-state index contributed by atoms with van der Waals surface area (Å²) in [7, 11) is 1.46. The first-order valence-electron chi connectivity index (χ1n) is 9.28. The van der Waals surface area contributed by atoms with E-state index in [1.807, 2.05) is 6.08 Å². The highest BCUT2D eigenvalue weighted by atomic mass is 35.5. The highest BCUT2D eigenvalue weighted by molar-refractivity contribution is 6.30. The predicted molar refractivity (Wildman–Crippen MR) is 106 cm³/mol. The number of rotatable bonds is 4. The van der Waals surface area contributed by atoms with Gasteiger partial charge in [-0.15, -0.1) is 0 Å². The third-order valence-corrected chi connectivity index (χ3v) is 5.93. The van der Waals surface area contributed by atoms with Gasteiger partial charge in [0.1, 0.15) is 48.1 Å². The number of hydrogen-bond donors (Lipinski definition) is 4. The average molecular weight is 441 g/mol. The van der Waals surface area contributed by atoms with E-state index in [1.165, 1.54) is 32.5 Å². The van der Waals surface area contributed by atoms with Gasteiger partial charge in [-0.1, -0.05) is 23.7 Å². The van der Waals surface area contributed by atoms with Gasteiger partial charge in [0.05, 0.1) is 18.1 Å². The van der Waals surface area contributed by atoms with Crippen molar-refractivity contribution >= 4 is 23.8 Å². The maximum absolute atomic E-state index is 13.8. The molecule has 1 fully saturated rings. The summed E-state index contributed by atoms with van der Waals surface area (Å²) >= 11 is 5.70. The normalized spacial score (nSPS) is 36.0. The van der Waals surface area contributed by atoms with E-state index in [0.717, 1.165) is 6.07 Å². The lowest BCUT2D eigenvalue weighted by Gasteiger charge is -2.34. The molecule has 2 unspecified atom stereocenters. The summed E-state index contributed by atoms with van der Waals surface area (Å²) in [4.78, 5) is 15.0. The zero-order valence-electron chi connectivity index (χ0n) is 16.2. The first-order valence-corrected chi connectivity index (χ1v) is 9.66. The molecular weight excluding hydrogens is 419 g/mol.